The van der Waals surface area contributed by atoms with Crippen LogP contribution in [0.25, 0.3) is 0 Å². The average molecular weight is 324 g/mol. The normalized spacial score (nSPS) is 24.6. The molecule has 0 radical (unpaired) electrons. The first-order chi connectivity index (χ1) is 10.8. The molecule has 1 fully saturated rings. The van der Waals surface area contributed by atoms with Crippen molar-refractivity contribution in [1.29, 1.82) is 0 Å². The molecular weight excluding hydrogens is 292 g/mol. The number of carbonyl (C=O) groups excluding carboxylic acids is 1. The Morgan fingerprint density at radius 2 is 1.65 bits per heavy atom. The number of carboxylic acid groups (broad SMARTS) is 1. The minimum absolute atomic E-state index is 0.122. The second-order valence-corrected chi connectivity index (χ2v) is 7.26. The predicted molar refractivity (Wildman–Crippen MR) is 91.0 cm³/mol. The summed E-state index contributed by atoms with van der Waals surface area (Å²) >= 11 is 0. The van der Waals surface area contributed by atoms with E-state index in [0.717, 1.165) is 36.8 Å². The Labute approximate surface area is 140 Å². The van der Waals surface area contributed by atoms with Gasteiger partial charge in [0.15, 0.2) is 0 Å². The zero-order valence-corrected chi connectivity index (χ0v) is 15.0. The number of aliphatic carboxylic acids is 1. The Balaban J connectivity index is 2.56. The van der Waals surface area contributed by atoms with Gasteiger partial charge in [0.05, 0.1) is 0 Å². The molecule has 0 heterocycles. The molecule has 4 nitrogen and oxygen atoms in total. The van der Waals surface area contributed by atoms with E-state index in [1.165, 1.54) is 25.7 Å². The van der Waals surface area contributed by atoms with Gasteiger partial charge < -0.3 is 9.84 Å². The van der Waals surface area contributed by atoms with E-state index in [1.807, 2.05) is 0 Å². The summed E-state index contributed by atoms with van der Waals surface area (Å²) in [5, 5.41) is 8.58. The van der Waals surface area contributed by atoms with E-state index in [2.05, 4.69) is 27.7 Å². The number of hydrogen-bond acceptors (Lipinski definition) is 3. The van der Waals surface area contributed by atoms with Crippen LogP contribution in [0.15, 0.2) is 12.2 Å². The molecule has 4 heteroatoms. The molecule has 23 heavy (non-hydrogen) atoms. The van der Waals surface area contributed by atoms with Crippen molar-refractivity contribution in [2.75, 3.05) is 0 Å². The van der Waals surface area contributed by atoms with Crippen molar-refractivity contribution >= 4 is 11.9 Å². The minimum atomic E-state index is -1.13. The molecule has 0 aromatic heterocycles. The third-order valence-electron chi connectivity index (χ3n) is 5.10. The average Bonchev–Trinajstić information content (AvgIpc) is 2.50. The Hall–Kier alpha value is -1.32. The molecule has 0 aromatic rings. The maximum Gasteiger partial charge on any atom is 0.331 e. The van der Waals surface area contributed by atoms with Gasteiger partial charge in [-0.25, -0.2) is 9.59 Å². The van der Waals surface area contributed by atoms with Crippen LogP contribution >= 0.6 is 0 Å². The molecule has 0 amide bonds. The van der Waals surface area contributed by atoms with Gasteiger partial charge in [-0.3, -0.25) is 0 Å². The molecule has 2 atom stereocenters. The molecule has 0 bridgehead atoms. The van der Waals surface area contributed by atoms with Crippen molar-refractivity contribution in [1.82, 2.24) is 0 Å². The van der Waals surface area contributed by atoms with Gasteiger partial charge in [0.1, 0.15) is 6.10 Å². The van der Waals surface area contributed by atoms with Crippen molar-refractivity contribution in [2.45, 2.75) is 72.3 Å². The molecule has 2 unspecified atom stereocenters. The lowest BCUT2D eigenvalue weighted by Gasteiger charge is -2.37. The highest BCUT2D eigenvalue weighted by Crippen LogP contribution is 2.38. The van der Waals surface area contributed by atoms with Crippen molar-refractivity contribution in [3.63, 3.8) is 0 Å². The van der Waals surface area contributed by atoms with Crippen LogP contribution < -0.4 is 0 Å². The van der Waals surface area contributed by atoms with Crippen LogP contribution in [0.3, 0.4) is 0 Å². The van der Waals surface area contributed by atoms with E-state index in [9.17, 15) is 9.59 Å². The quantitative estimate of drug-likeness (QED) is 0.529. The lowest BCUT2D eigenvalue weighted by molar-refractivity contribution is -0.150. The highest BCUT2D eigenvalue weighted by atomic mass is 16.5. The van der Waals surface area contributed by atoms with Crippen LogP contribution in [0, 0.1) is 23.7 Å². The summed E-state index contributed by atoms with van der Waals surface area (Å²) < 4.78 is 5.56. The molecule has 0 aliphatic heterocycles. The van der Waals surface area contributed by atoms with Crippen LogP contribution in [0.1, 0.15) is 66.2 Å². The third kappa shape index (κ3) is 6.76. The molecule has 0 saturated heterocycles. The lowest BCUT2D eigenvalue weighted by Crippen LogP contribution is -2.34. The van der Waals surface area contributed by atoms with Crippen molar-refractivity contribution in [3.05, 3.63) is 12.2 Å². The fourth-order valence-electron chi connectivity index (χ4n) is 3.82. The highest BCUT2D eigenvalue weighted by Gasteiger charge is 2.33. The van der Waals surface area contributed by atoms with Crippen molar-refractivity contribution < 1.29 is 19.4 Å². The van der Waals surface area contributed by atoms with Gasteiger partial charge in [-0.1, -0.05) is 40.5 Å². The summed E-state index contributed by atoms with van der Waals surface area (Å²) in [6, 6.07) is 0. The number of esters is 1. The second kappa shape index (κ2) is 9.74. The van der Waals surface area contributed by atoms with Crippen LogP contribution in [0.5, 0.6) is 0 Å². The number of rotatable bonds is 8. The molecule has 1 N–H and O–H groups in total. The largest absolute Gasteiger partial charge is 0.478 e. The fourth-order valence-corrected chi connectivity index (χ4v) is 3.82. The van der Waals surface area contributed by atoms with E-state index in [4.69, 9.17) is 9.84 Å². The lowest BCUT2D eigenvalue weighted by atomic mass is 9.72. The van der Waals surface area contributed by atoms with Gasteiger partial charge in [-0.2, -0.15) is 0 Å². The van der Waals surface area contributed by atoms with E-state index >= 15 is 0 Å². The maximum absolute atomic E-state index is 11.8. The van der Waals surface area contributed by atoms with Gasteiger partial charge in [-0.05, 0) is 49.4 Å². The molecule has 132 valence electrons. The SMILES string of the molecule is CCCC(C)C1CCC(C(OC(=O)/C=C/C(=O)O)C(C)C)CC1. The molecule has 1 aliphatic rings. The van der Waals surface area contributed by atoms with Gasteiger partial charge in [-0.15, -0.1) is 0 Å². The van der Waals surface area contributed by atoms with Crippen molar-refractivity contribution in [3.8, 4) is 0 Å². The molecule has 1 aliphatic carbocycles. The fraction of sp³-hybridized carbons (Fsp3) is 0.789. The summed E-state index contributed by atoms with van der Waals surface area (Å²) in [6.07, 6.45) is 8.85. The smallest absolute Gasteiger partial charge is 0.331 e. The summed E-state index contributed by atoms with van der Waals surface area (Å²) in [6.45, 7) is 8.71. The van der Waals surface area contributed by atoms with Crippen LogP contribution in [0.2, 0.25) is 0 Å². The zero-order valence-electron chi connectivity index (χ0n) is 15.0. The summed E-state index contributed by atoms with van der Waals surface area (Å²) in [4.78, 5) is 22.3. The Bertz CT molecular complexity index is 406. The molecular formula is C19H32O4. The Morgan fingerprint density at radius 1 is 1.09 bits per heavy atom. The van der Waals surface area contributed by atoms with E-state index in [1.54, 1.807) is 0 Å². The van der Waals surface area contributed by atoms with E-state index < -0.39 is 11.9 Å². The summed E-state index contributed by atoms with van der Waals surface area (Å²) in [5.74, 6) is 0.524. The van der Waals surface area contributed by atoms with Gasteiger partial charge in [0, 0.05) is 12.2 Å². The maximum atomic E-state index is 11.8. The third-order valence-corrected chi connectivity index (χ3v) is 5.10. The minimum Gasteiger partial charge on any atom is -0.478 e. The summed E-state index contributed by atoms with van der Waals surface area (Å²) in [5.41, 5.74) is 0. The Kier molecular flexibility index (Phi) is 8.35. The standard InChI is InChI=1S/C19H32O4/c1-5-6-14(4)15-7-9-16(10-8-15)19(13(2)3)23-18(22)12-11-17(20)21/h11-16,19H,5-10H2,1-4H3,(H,20,21)/b12-11+. The number of carboxylic acids is 1. The first kappa shape index (κ1) is 19.7. The van der Waals surface area contributed by atoms with Crippen LogP contribution in [0.4, 0.5) is 0 Å². The van der Waals surface area contributed by atoms with Crippen molar-refractivity contribution in [2.24, 2.45) is 23.7 Å². The number of carbonyl (C=O) groups is 2. The first-order valence-corrected chi connectivity index (χ1v) is 8.96. The summed E-state index contributed by atoms with van der Waals surface area (Å²) in [7, 11) is 0. The molecule has 0 aromatic carbocycles. The van der Waals surface area contributed by atoms with Gasteiger partial charge >= 0.3 is 11.9 Å². The monoisotopic (exact) mass is 324 g/mol. The topological polar surface area (TPSA) is 63.6 Å². The van der Waals surface area contributed by atoms with Gasteiger partial charge in [0.2, 0.25) is 0 Å². The molecule has 1 rings (SSSR count). The van der Waals surface area contributed by atoms with E-state index in [0.29, 0.717) is 5.92 Å². The molecule has 0 spiro atoms. The molecule has 1 saturated carbocycles. The number of ether oxygens (including phenoxy) is 1. The first-order valence-electron chi connectivity index (χ1n) is 8.96. The highest BCUT2D eigenvalue weighted by molar-refractivity contribution is 5.90. The van der Waals surface area contributed by atoms with Gasteiger partial charge in [0.25, 0.3) is 0 Å². The van der Waals surface area contributed by atoms with Crippen LogP contribution in [-0.2, 0) is 14.3 Å². The Morgan fingerprint density at radius 3 is 2.13 bits per heavy atom. The zero-order chi connectivity index (χ0) is 17.4. The van der Waals surface area contributed by atoms with E-state index in [-0.39, 0.29) is 12.0 Å². The van der Waals surface area contributed by atoms with Crippen LogP contribution in [-0.4, -0.2) is 23.1 Å². The predicted octanol–water partition coefficient (Wildman–Crippen LogP) is 4.44. The number of hydrogen-bond donors (Lipinski definition) is 1. The second-order valence-electron chi connectivity index (χ2n) is 7.26.